The van der Waals surface area contributed by atoms with E-state index in [0.717, 1.165) is 72.4 Å². The van der Waals surface area contributed by atoms with Gasteiger partial charge in [-0.2, -0.15) is 0 Å². The van der Waals surface area contributed by atoms with Crippen molar-refractivity contribution in [2.75, 3.05) is 13.2 Å². The predicted octanol–water partition coefficient (Wildman–Crippen LogP) is 15.0. The minimum atomic E-state index is 0.946. The van der Waals surface area contributed by atoms with E-state index in [1.54, 1.807) is 0 Å². The standard InChI is InChI=1S/C46H86O/c1-5-9-11-15-39-21-29-43(30-22-39)45(41-25-17-37(13-7-3)18-26-41)33-35-47-36-34-46(42-27-19-38(14-8-4)20-28-42)44-31-23-40(24-32-44)16-12-10-6-2/h37-46H,5-36H2,1-4H3. The zero-order valence-electron chi connectivity index (χ0n) is 32.8. The van der Waals surface area contributed by atoms with Gasteiger partial charge in [-0.1, -0.05) is 156 Å². The van der Waals surface area contributed by atoms with Crippen molar-refractivity contribution in [2.24, 2.45) is 59.2 Å². The number of hydrogen-bond acceptors (Lipinski definition) is 1. The van der Waals surface area contributed by atoms with Gasteiger partial charge in [0.15, 0.2) is 0 Å². The third-order valence-electron chi connectivity index (χ3n) is 15.0. The Morgan fingerprint density at radius 3 is 0.936 bits per heavy atom. The second-order valence-electron chi connectivity index (χ2n) is 18.2. The molecule has 4 aliphatic rings. The normalized spacial score (nSPS) is 33.4. The van der Waals surface area contributed by atoms with Crippen LogP contribution in [-0.4, -0.2) is 13.2 Å². The van der Waals surface area contributed by atoms with Crippen LogP contribution in [-0.2, 0) is 4.74 Å². The second kappa shape index (κ2) is 23.4. The molecule has 4 rings (SSSR count). The van der Waals surface area contributed by atoms with Gasteiger partial charge in [-0.05, 0) is 123 Å². The van der Waals surface area contributed by atoms with Crippen LogP contribution in [0.2, 0.25) is 0 Å². The molecule has 0 N–H and O–H groups in total. The molecule has 0 amide bonds. The lowest BCUT2D eigenvalue weighted by atomic mass is 9.65. The molecule has 1 heteroatoms. The predicted molar refractivity (Wildman–Crippen MR) is 207 cm³/mol. The number of rotatable bonds is 22. The molecular weight excluding hydrogens is 569 g/mol. The molecule has 2 atom stereocenters. The van der Waals surface area contributed by atoms with Crippen molar-refractivity contribution < 1.29 is 4.74 Å². The van der Waals surface area contributed by atoms with E-state index in [9.17, 15) is 0 Å². The van der Waals surface area contributed by atoms with E-state index < -0.39 is 0 Å². The van der Waals surface area contributed by atoms with Crippen molar-refractivity contribution >= 4 is 0 Å². The molecule has 0 radical (unpaired) electrons. The first-order valence-corrected chi connectivity index (χ1v) is 22.7. The first-order valence-electron chi connectivity index (χ1n) is 22.7. The minimum Gasteiger partial charge on any atom is -0.381 e. The van der Waals surface area contributed by atoms with Gasteiger partial charge in [0.2, 0.25) is 0 Å². The summed E-state index contributed by atoms with van der Waals surface area (Å²) in [5.74, 6) is 10.00. The highest BCUT2D eigenvalue weighted by molar-refractivity contribution is 4.87. The van der Waals surface area contributed by atoms with Gasteiger partial charge in [0.25, 0.3) is 0 Å². The summed E-state index contributed by atoms with van der Waals surface area (Å²) >= 11 is 0. The maximum atomic E-state index is 6.75. The van der Waals surface area contributed by atoms with Crippen LogP contribution in [0.25, 0.3) is 0 Å². The lowest BCUT2D eigenvalue weighted by Gasteiger charge is -2.41. The first kappa shape index (κ1) is 39.7. The fourth-order valence-corrected chi connectivity index (χ4v) is 12.1. The molecule has 47 heavy (non-hydrogen) atoms. The smallest absolute Gasteiger partial charge is 0.0468 e. The summed E-state index contributed by atoms with van der Waals surface area (Å²) in [6.45, 7) is 11.6. The van der Waals surface area contributed by atoms with E-state index in [2.05, 4.69) is 27.7 Å². The molecule has 1 nitrogen and oxygen atoms in total. The third-order valence-corrected chi connectivity index (χ3v) is 15.0. The summed E-state index contributed by atoms with van der Waals surface area (Å²) < 4.78 is 6.75. The van der Waals surface area contributed by atoms with Crippen molar-refractivity contribution in [2.45, 2.75) is 220 Å². The third kappa shape index (κ3) is 13.9. The number of ether oxygens (including phenoxy) is 1. The van der Waals surface area contributed by atoms with E-state index in [1.165, 1.54) is 193 Å². The molecule has 0 aromatic carbocycles. The van der Waals surface area contributed by atoms with Crippen LogP contribution in [0.4, 0.5) is 0 Å². The van der Waals surface area contributed by atoms with Crippen molar-refractivity contribution in [1.29, 1.82) is 0 Å². The van der Waals surface area contributed by atoms with Gasteiger partial charge in [0.1, 0.15) is 0 Å². The lowest BCUT2D eigenvalue weighted by molar-refractivity contribution is 0.0368. The molecule has 4 saturated carbocycles. The van der Waals surface area contributed by atoms with Crippen molar-refractivity contribution in [3.63, 3.8) is 0 Å². The largest absolute Gasteiger partial charge is 0.381 e. The van der Waals surface area contributed by atoms with Crippen LogP contribution in [0.15, 0.2) is 0 Å². The molecule has 0 saturated heterocycles. The molecule has 0 aliphatic heterocycles. The monoisotopic (exact) mass is 655 g/mol. The van der Waals surface area contributed by atoms with Gasteiger partial charge >= 0.3 is 0 Å². The van der Waals surface area contributed by atoms with Crippen molar-refractivity contribution in [3.05, 3.63) is 0 Å². The highest BCUT2D eigenvalue weighted by Crippen LogP contribution is 2.47. The molecule has 0 aromatic rings. The summed E-state index contributed by atoms with van der Waals surface area (Å²) in [4.78, 5) is 0. The Morgan fingerprint density at radius 2 is 0.660 bits per heavy atom. The summed E-state index contributed by atoms with van der Waals surface area (Å²) in [5, 5.41) is 0. The van der Waals surface area contributed by atoms with Gasteiger partial charge in [-0.3, -0.25) is 0 Å². The highest BCUT2D eigenvalue weighted by Gasteiger charge is 2.36. The van der Waals surface area contributed by atoms with E-state index in [-0.39, 0.29) is 0 Å². The molecule has 276 valence electrons. The first-order chi connectivity index (χ1) is 23.1. The van der Waals surface area contributed by atoms with Crippen LogP contribution < -0.4 is 0 Å². The van der Waals surface area contributed by atoms with Gasteiger partial charge in [0, 0.05) is 13.2 Å². The van der Waals surface area contributed by atoms with Crippen LogP contribution in [0, 0.1) is 59.2 Å². The summed E-state index contributed by atoms with van der Waals surface area (Å²) in [7, 11) is 0. The maximum absolute atomic E-state index is 6.75. The van der Waals surface area contributed by atoms with Crippen molar-refractivity contribution in [3.8, 4) is 0 Å². The zero-order valence-corrected chi connectivity index (χ0v) is 32.8. The van der Waals surface area contributed by atoms with Gasteiger partial charge in [0.05, 0.1) is 0 Å². The van der Waals surface area contributed by atoms with Crippen LogP contribution in [0.5, 0.6) is 0 Å². The average molecular weight is 655 g/mol. The van der Waals surface area contributed by atoms with Gasteiger partial charge in [-0.15, -0.1) is 0 Å². The molecule has 4 aliphatic carbocycles. The minimum absolute atomic E-state index is 0.946. The van der Waals surface area contributed by atoms with E-state index >= 15 is 0 Å². The Hall–Kier alpha value is -0.0400. The Bertz CT molecular complexity index is 666. The summed E-state index contributed by atoms with van der Waals surface area (Å²) in [6.07, 6.45) is 44.5. The summed E-state index contributed by atoms with van der Waals surface area (Å²) in [6, 6.07) is 0. The second-order valence-corrected chi connectivity index (χ2v) is 18.2. The Kier molecular flexibility index (Phi) is 19.8. The van der Waals surface area contributed by atoms with E-state index in [0.29, 0.717) is 0 Å². The Labute approximate surface area is 296 Å². The fourth-order valence-electron chi connectivity index (χ4n) is 12.1. The van der Waals surface area contributed by atoms with Crippen LogP contribution >= 0.6 is 0 Å². The topological polar surface area (TPSA) is 9.23 Å². The lowest BCUT2D eigenvalue weighted by Crippen LogP contribution is -2.32. The fraction of sp³-hybridized carbons (Fsp3) is 1.00. The Balaban J connectivity index is 1.27. The van der Waals surface area contributed by atoms with Crippen molar-refractivity contribution in [1.82, 2.24) is 0 Å². The Morgan fingerprint density at radius 1 is 0.362 bits per heavy atom. The molecule has 0 bridgehead atoms. The summed E-state index contributed by atoms with van der Waals surface area (Å²) in [5.41, 5.74) is 0. The average Bonchev–Trinajstić information content (AvgIpc) is 3.10. The van der Waals surface area contributed by atoms with Gasteiger partial charge in [-0.25, -0.2) is 0 Å². The van der Waals surface area contributed by atoms with Gasteiger partial charge < -0.3 is 4.74 Å². The molecule has 0 spiro atoms. The van der Waals surface area contributed by atoms with Crippen LogP contribution in [0.1, 0.15) is 220 Å². The highest BCUT2D eigenvalue weighted by atomic mass is 16.5. The molecule has 4 fully saturated rings. The van der Waals surface area contributed by atoms with E-state index in [4.69, 9.17) is 4.74 Å². The SMILES string of the molecule is CCCCCC1CCC(C(CCOCCC(C2CCC(CCC)CC2)C2CCC(CCCCC)CC2)C2CCC(CCC)CC2)CC1. The quantitative estimate of drug-likeness (QED) is 0.106. The molecule has 0 heterocycles. The number of unbranched alkanes of at least 4 members (excludes halogenated alkanes) is 4. The number of hydrogen-bond donors (Lipinski definition) is 0. The molecule has 2 unspecified atom stereocenters. The maximum Gasteiger partial charge on any atom is 0.0468 e. The zero-order chi connectivity index (χ0) is 33.1. The molecular formula is C46H86O. The van der Waals surface area contributed by atoms with E-state index in [1.807, 2.05) is 0 Å². The van der Waals surface area contributed by atoms with Crippen LogP contribution in [0.3, 0.4) is 0 Å². The molecule has 0 aromatic heterocycles.